The van der Waals surface area contributed by atoms with Gasteiger partial charge in [0, 0.05) is 17.0 Å². The molecule has 0 aliphatic carbocycles. The zero-order chi connectivity index (χ0) is 17.8. The zero-order valence-electron chi connectivity index (χ0n) is 13.4. The minimum Gasteiger partial charge on any atom is -0.346 e. The monoisotopic (exact) mass is 356 g/mol. The van der Waals surface area contributed by atoms with Gasteiger partial charge in [-0.15, -0.1) is 11.8 Å². The average Bonchev–Trinajstić information content (AvgIpc) is 3.04. The third-order valence-electron chi connectivity index (χ3n) is 3.61. The number of hydrogen-bond acceptors (Lipinski definition) is 5. The Bertz CT molecular complexity index is 875. The number of H-pyrrole nitrogens is 1. The molecule has 1 unspecified atom stereocenters. The number of carbonyl (C=O) groups excluding carboxylic acids is 1. The number of para-hydroxylation sites is 2. The lowest BCUT2D eigenvalue weighted by Crippen LogP contribution is -2.28. The van der Waals surface area contributed by atoms with Crippen LogP contribution >= 0.6 is 11.8 Å². The number of nitrogens with zero attached hydrogens (tertiary/aromatic N) is 2. The number of imidazole rings is 1. The first-order valence-electron chi connectivity index (χ1n) is 7.64. The Balaban J connectivity index is 1.55. The van der Waals surface area contributed by atoms with E-state index in [-0.39, 0.29) is 23.4 Å². The number of benzene rings is 2. The summed E-state index contributed by atoms with van der Waals surface area (Å²) in [6.07, 6.45) is 0. The summed E-state index contributed by atoms with van der Waals surface area (Å²) in [6.45, 7) is 1.87. The highest BCUT2D eigenvalue weighted by Crippen LogP contribution is 2.21. The first kappa shape index (κ1) is 17.0. The maximum atomic E-state index is 12.1. The number of fused-ring (bicyclic) bond motifs is 1. The molecular weight excluding hydrogens is 340 g/mol. The number of nitro benzene ring substituents is 1. The van der Waals surface area contributed by atoms with E-state index >= 15 is 0 Å². The van der Waals surface area contributed by atoms with Crippen molar-refractivity contribution < 1.29 is 9.72 Å². The van der Waals surface area contributed by atoms with E-state index in [0.29, 0.717) is 5.82 Å². The van der Waals surface area contributed by atoms with Crippen molar-refractivity contribution in [3.05, 3.63) is 64.5 Å². The summed E-state index contributed by atoms with van der Waals surface area (Å²) in [4.78, 5) is 30.8. The summed E-state index contributed by atoms with van der Waals surface area (Å²) in [6, 6.07) is 13.6. The second-order valence-electron chi connectivity index (χ2n) is 5.47. The van der Waals surface area contributed by atoms with E-state index in [1.54, 1.807) is 12.1 Å². The Labute approximate surface area is 148 Å². The smallest absolute Gasteiger partial charge is 0.269 e. The molecule has 8 heteroatoms. The quantitative estimate of drug-likeness (QED) is 0.400. The van der Waals surface area contributed by atoms with Gasteiger partial charge in [-0.05, 0) is 31.2 Å². The normalized spacial score (nSPS) is 12.0. The molecular formula is C17H16N4O3S. The van der Waals surface area contributed by atoms with Crippen LogP contribution in [0, 0.1) is 10.1 Å². The number of amides is 1. The molecule has 7 nitrogen and oxygen atoms in total. The van der Waals surface area contributed by atoms with E-state index in [1.165, 1.54) is 23.9 Å². The molecule has 0 radical (unpaired) electrons. The Morgan fingerprint density at radius 2 is 2.00 bits per heavy atom. The summed E-state index contributed by atoms with van der Waals surface area (Å²) >= 11 is 1.33. The second-order valence-corrected chi connectivity index (χ2v) is 6.52. The molecule has 25 heavy (non-hydrogen) atoms. The molecule has 3 rings (SSSR count). The number of hydrogen-bond donors (Lipinski definition) is 2. The van der Waals surface area contributed by atoms with Gasteiger partial charge in [-0.25, -0.2) is 4.98 Å². The van der Waals surface area contributed by atoms with Crippen LogP contribution in [0.4, 0.5) is 5.69 Å². The SMILES string of the molecule is CC(NC(=O)CSc1ccc([N+](=O)[O-])cc1)c1nc2ccccc2[nH]1. The van der Waals surface area contributed by atoms with Gasteiger partial charge in [-0.1, -0.05) is 12.1 Å². The number of thioether (sulfide) groups is 1. The summed E-state index contributed by atoms with van der Waals surface area (Å²) in [7, 11) is 0. The highest BCUT2D eigenvalue weighted by molar-refractivity contribution is 8.00. The third-order valence-corrected chi connectivity index (χ3v) is 4.62. The standard InChI is InChI=1S/C17H16N4O3S/c1-11(17-19-14-4-2-3-5-15(14)20-17)18-16(22)10-25-13-8-6-12(7-9-13)21(23)24/h2-9,11H,10H2,1H3,(H,18,22)(H,19,20). The third kappa shape index (κ3) is 4.16. The molecule has 0 bridgehead atoms. The lowest BCUT2D eigenvalue weighted by Gasteiger charge is -2.11. The Morgan fingerprint density at radius 1 is 1.28 bits per heavy atom. The van der Waals surface area contributed by atoms with E-state index in [9.17, 15) is 14.9 Å². The molecule has 1 heterocycles. The number of non-ortho nitro benzene ring substituents is 1. The zero-order valence-corrected chi connectivity index (χ0v) is 14.2. The van der Waals surface area contributed by atoms with Crippen molar-refractivity contribution in [3.63, 3.8) is 0 Å². The minimum absolute atomic E-state index is 0.0345. The molecule has 0 saturated carbocycles. The highest BCUT2D eigenvalue weighted by Gasteiger charge is 2.14. The van der Waals surface area contributed by atoms with Crippen LogP contribution < -0.4 is 5.32 Å². The second kappa shape index (κ2) is 7.35. The molecule has 0 aliphatic rings. The van der Waals surface area contributed by atoms with E-state index in [0.717, 1.165) is 15.9 Å². The highest BCUT2D eigenvalue weighted by atomic mass is 32.2. The molecule has 2 N–H and O–H groups in total. The van der Waals surface area contributed by atoms with Gasteiger partial charge in [0.1, 0.15) is 5.82 Å². The molecule has 1 amide bonds. The Hall–Kier alpha value is -2.87. The van der Waals surface area contributed by atoms with Crippen LogP contribution in [0.5, 0.6) is 0 Å². The number of rotatable bonds is 6. The molecule has 1 aromatic heterocycles. The molecule has 3 aromatic rings. The fourth-order valence-corrected chi connectivity index (χ4v) is 3.05. The van der Waals surface area contributed by atoms with E-state index in [2.05, 4.69) is 15.3 Å². The fourth-order valence-electron chi connectivity index (χ4n) is 2.34. The van der Waals surface area contributed by atoms with Gasteiger partial charge in [0.2, 0.25) is 5.91 Å². The first-order valence-corrected chi connectivity index (χ1v) is 8.63. The fraction of sp³-hybridized carbons (Fsp3) is 0.176. The van der Waals surface area contributed by atoms with Crippen LogP contribution in [0.3, 0.4) is 0 Å². The Kier molecular flexibility index (Phi) is 4.99. The van der Waals surface area contributed by atoms with Gasteiger partial charge in [0.25, 0.3) is 5.69 Å². The molecule has 0 saturated heterocycles. The lowest BCUT2D eigenvalue weighted by atomic mass is 10.3. The molecule has 128 valence electrons. The van der Waals surface area contributed by atoms with Crippen LogP contribution in [-0.2, 0) is 4.79 Å². The van der Waals surface area contributed by atoms with Crippen molar-refractivity contribution in [2.24, 2.45) is 0 Å². The Morgan fingerprint density at radius 3 is 2.68 bits per heavy atom. The van der Waals surface area contributed by atoms with Gasteiger partial charge < -0.3 is 10.3 Å². The van der Waals surface area contributed by atoms with Gasteiger partial charge in [0.05, 0.1) is 27.8 Å². The van der Waals surface area contributed by atoms with Crippen molar-refractivity contribution in [2.75, 3.05) is 5.75 Å². The molecule has 0 fully saturated rings. The van der Waals surface area contributed by atoms with Crippen LogP contribution in [0.25, 0.3) is 11.0 Å². The maximum absolute atomic E-state index is 12.1. The van der Waals surface area contributed by atoms with E-state index in [4.69, 9.17) is 0 Å². The average molecular weight is 356 g/mol. The largest absolute Gasteiger partial charge is 0.346 e. The predicted molar refractivity (Wildman–Crippen MR) is 96.5 cm³/mol. The first-order chi connectivity index (χ1) is 12.0. The minimum atomic E-state index is -0.448. The summed E-state index contributed by atoms with van der Waals surface area (Å²) < 4.78 is 0. The summed E-state index contributed by atoms with van der Waals surface area (Å²) in [5.74, 6) is 0.800. The van der Waals surface area contributed by atoms with Crippen molar-refractivity contribution in [1.29, 1.82) is 0 Å². The molecule has 2 aromatic carbocycles. The summed E-state index contributed by atoms with van der Waals surface area (Å²) in [5, 5.41) is 13.5. The van der Waals surface area contributed by atoms with E-state index < -0.39 is 4.92 Å². The van der Waals surface area contributed by atoms with Crippen molar-refractivity contribution >= 4 is 34.4 Å². The van der Waals surface area contributed by atoms with Crippen LogP contribution in [0.1, 0.15) is 18.8 Å². The molecule has 0 spiro atoms. The van der Waals surface area contributed by atoms with Crippen molar-refractivity contribution in [2.45, 2.75) is 17.9 Å². The molecule has 0 aliphatic heterocycles. The summed E-state index contributed by atoms with van der Waals surface area (Å²) in [5.41, 5.74) is 1.82. The number of nitro groups is 1. The van der Waals surface area contributed by atoms with Crippen molar-refractivity contribution in [1.82, 2.24) is 15.3 Å². The van der Waals surface area contributed by atoms with Crippen LogP contribution in [0.15, 0.2) is 53.4 Å². The van der Waals surface area contributed by atoms with Gasteiger partial charge >= 0.3 is 0 Å². The van der Waals surface area contributed by atoms with Crippen LogP contribution in [-0.4, -0.2) is 26.6 Å². The molecule has 1 atom stereocenters. The van der Waals surface area contributed by atoms with Gasteiger partial charge in [-0.3, -0.25) is 14.9 Å². The number of aromatic amines is 1. The van der Waals surface area contributed by atoms with Gasteiger partial charge in [0.15, 0.2) is 0 Å². The van der Waals surface area contributed by atoms with E-state index in [1.807, 2.05) is 31.2 Å². The van der Waals surface area contributed by atoms with Gasteiger partial charge in [-0.2, -0.15) is 0 Å². The van der Waals surface area contributed by atoms with Crippen molar-refractivity contribution in [3.8, 4) is 0 Å². The number of carbonyl (C=O) groups is 1. The predicted octanol–water partition coefficient (Wildman–Crippen LogP) is 3.44. The topological polar surface area (TPSA) is 101 Å². The van der Waals surface area contributed by atoms with Crippen LogP contribution in [0.2, 0.25) is 0 Å². The number of aromatic nitrogens is 2. The maximum Gasteiger partial charge on any atom is 0.269 e. The lowest BCUT2D eigenvalue weighted by molar-refractivity contribution is -0.384. The number of nitrogens with one attached hydrogen (secondary N) is 2.